The van der Waals surface area contributed by atoms with Crippen LogP contribution >= 0.6 is 0 Å². The van der Waals surface area contributed by atoms with Crippen LogP contribution in [0.5, 0.6) is 0 Å². The zero-order valence-electron chi connectivity index (χ0n) is 12.8. The van der Waals surface area contributed by atoms with Crippen LogP contribution < -0.4 is 0 Å². The quantitative estimate of drug-likeness (QED) is 0.862. The molecule has 1 atom stereocenters. The Kier molecular flexibility index (Phi) is 4.61. The van der Waals surface area contributed by atoms with Crippen LogP contribution in [0.15, 0.2) is 18.2 Å². The van der Waals surface area contributed by atoms with E-state index in [-0.39, 0.29) is 5.78 Å². The van der Waals surface area contributed by atoms with Gasteiger partial charge in [-0.2, -0.15) is 0 Å². The molecule has 1 aliphatic rings. The highest BCUT2D eigenvalue weighted by Crippen LogP contribution is 2.21. The topological polar surface area (TPSA) is 40.5 Å². The predicted octanol–water partition coefficient (Wildman–Crippen LogP) is 2.72. The van der Waals surface area contributed by atoms with Crippen LogP contribution in [0, 0.1) is 13.8 Å². The predicted molar refractivity (Wildman–Crippen MR) is 81.2 cm³/mol. The number of carbonyl (C=O) groups excluding carboxylic acids is 1. The number of ketones is 1. The summed E-state index contributed by atoms with van der Waals surface area (Å²) in [4.78, 5) is 14.6. The molecule has 1 saturated heterocycles. The molecule has 0 aliphatic carbocycles. The summed E-state index contributed by atoms with van der Waals surface area (Å²) >= 11 is 0. The van der Waals surface area contributed by atoms with Crippen molar-refractivity contribution < 1.29 is 9.90 Å². The normalized spacial score (nSPS) is 24.4. The first-order valence-electron chi connectivity index (χ1n) is 7.43. The number of benzene rings is 1. The molecule has 0 saturated carbocycles. The van der Waals surface area contributed by atoms with Crippen LogP contribution in [0.3, 0.4) is 0 Å². The van der Waals surface area contributed by atoms with Gasteiger partial charge in [0, 0.05) is 12.1 Å². The van der Waals surface area contributed by atoms with Gasteiger partial charge in [0.25, 0.3) is 0 Å². The Bertz CT molecular complexity index is 494. The van der Waals surface area contributed by atoms with E-state index >= 15 is 0 Å². The van der Waals surface area contributed by atoms with Gasteiger partial charge in [-0.05, 0) is 58.2 Å². The Hall–Kier alpha value is -1.19. The maximum Gasteiger partial charge on any atom is 0.177 e. The molecule has 1 aliphatic heterocycles. The Labute approximate surface area is 121 Å². The van der Waals surface area contributed by atoms with Gasteiger partial charge >= 0.3 is 0 Å². The average Bonchev–Trinajstić information content (AvgIpc) is 2.54. The Balaban J connectivity index is 2.02. The molecule has 0 amide bonds. The molecule has 1 N–H and O–H groups in total. The van der Waals surface area contributed by atoms with Crippen molar-refractivity contribution in [3.05, 3.63) is 34.9 Å². The Morgan fingerprint density at radius 1 is 1.30 bits per heavy atom. The van der Waals surface area contributed by atoms with E-state index in [0.717, 1.165) is 49.0 Å². The second-order valence-corrected chi connectivity index (χ2v) is 6.37. The van der Waals surface area contributed by atoms with Crippen molar-refractivity contribution in [2.75, 3.05) is 19.6 Å². The number of rotatable bonds is 3. The third-order valence-electron chi connectivity index (χ3n) is 4.22. The van der Waals surface area contributed by atoms with Gasteiger partial charge in [-0.15, -0.1) is 0 Å². The summed E-state index contributed by atoms with van der Waals surface area (Å²) in [5.41, 5.74) is 2.43. The van der Waals surface area contributed by atoms with Gasteiger partial charge in [0.2, 0.25) is 0 Å². The third-order valence-corrected chi connectivity index (χ3v) is 4.22. The summed E-state index contributed by atoms with van der Waals surface area (Å²) in [6.07, 6.45) is 2.52. The van der Waals surface area contributed by atoms with E-state index in [4.69, 9.17) is 0 Å². The van der Waals surface area contributed by atoms with Gasteiger partial charge in [0.05, 0.1) is 12.1 Å². The molecule has 3 heteroatoms. The lowest BCUT2D eigenvalue weighted by molar-refractivity contribution is 0.0444. The van der Waals surface area contributed by atoms with Crippen molar-refractivity contribution in [1.82, 2.24) is 4.90 Å². The van der Waals surface area contributed by atoms with Gasteiger partial charge in [0.1, 0.15) is 0 Å². The molecule has 1 aromatic rings. The first-order chi connectivity index (χ1) is 9.37. The molecule has 1 aromatic carbocycles. The number of nitrogens with zero attached hydrogens (tertiary/aromatic N) is 1. The van der Waals surface area contributed by atoms with Gasteiger partial charge in [-0.25, -0.2) is 0 Å². The molecule has 0 aromatic heterocycles. The van der Waals surface area contributed by atoms with E-state index in [1.54, 1.807) is 0 Å². The molecule has 0 spiro atoms. The van der Waals surface area contributed by atoms with Gasteiger partial charge in [-0.1, -0.05) is 17.7 Å². The summed E-state index contributed by atoms with van der Waals surface area (Å²) in [7, 11) is 0. The fourth-order valence-corrected chi connectivity index (χ4v) is 2.80. The van der Waals surface area contributed by atoms with Crippen LogP contribution in [0.25, 0.3) is 0 Å². The van der Waals surface area contributed by atoms with E-state index < -0.39 is 5.60 Å². The van der Waals surface area contributed by atoms with Crippen LogP contribution in [0.1, 0.15) is 47.7 Å². The maximum atomic E-state index is 12.5. The molecule has 1 unspecified atom stereocenters. The third kappa shape index (κ3) is 3.90. The average molecular weight is 275 g/mol. The summed E-state index contributed by atoms with van der Waals surface area (Å²) in [5.74, 6) is 0.188. The van der Waals surface area contributed by atoms with Crippen LogP contribution in [-0.4, -0.2) is 41.0 Å². The molecule has 3 nitrogen and oxygen atoms in total. The number of hydrogen-bond donors (Lipinski definition) is 1. The number of likely N-dealkylation sites (tertiary alicyclic amines) is 1. The van der Waals surface area contributed by atoms with Gasteiger partial charge < -0.3 is 5.11 Å². The van der Waals surface area contributed by atoms with Gasteiger partial charge in [0.15, 0.2) is 5.78 Å². The highest BCUT2D eigenvalue weighted by Gasteiger charge is 2.26. The standard InChI is InChI=1S/C17H25NO2/c1-13-5-6-14(2)15(11-13)16(19)12-18-9-4-7-17(3,20)8-10-18/h5-6,11,20H,4,7-10,12H2,1-3H3. The van der Waals surface area contributed by atoms with Crippen LogP contribution in [-0.2, 0) is 0 Å². The van der Waals surface area contributed by atoms with E-state index in [1.807, 2.05) is 39.0 Å². The van der Waals surface area contributed by atoms with Crippen molar-refractivity contribution in [2.45, 2.75) is 45.6 Å². The van der Waals surface area contributed by atoms with Crippen molar-refractivity contribution in [3.63, 3.8) is 0 Å². The molecular weight excluding hydrogens is 250 g/mol. The molecule has 2 rings (SSSR count). The maximum absolute atomic E-state index is 12.5. The second-order valence-electron chi connectivity index (χ2n) is 6.37. The molecule has 0 radical (unpaired) electrons. The van der Waals surface area contributed by atoms with Crippen molar-refractivity contribution in [2.24, 2.45) is 0 Å². The first-order valence-corrected chi connectivity index (χ1v) is 7.43. The van der Waals surface area contributed by atoms with E-state index in [9.17, 15) is 9.90 Å². The van der Waals surface area contributed by atoms with E-state index in [2.05, 4.69) is 4.90 Å². The summed E-state index contributed by atoms with van der Waals surface area (Å²) in [5, 5.41) is 10.1. The lowest BCUT2D eigenvalue weighted by Crippen LogP contribution is -2.32. The van der Waals surface area contributed by atoms with E-state index in [0.29, 0.717) is 6.54 Å². The zero-order valence-corrected chi connectivity index (χ0v) is 12.8. The van der Waals surface area contributed by atoms with Gasteiger partial charge in [-0.3, -0.25) is 9.69 Å². The van der Waals surface area contributed by atoms with Crippen molar-refractivity contribution >= 4 is 5.78 Å². The lowest BCUT2D eigenvalue weighted by Gasteiger charge is -2.22. The van der Waals surface area contributed by atoms with Crippen LogP contribution in [0.2, 0.25) is 0 Å². The Morgan fingerprint density at radius 2 is 2.05 bits per heavy atom. The first kappa shape index (κ1) is 15.2. The van der Waals surface area contributed by atoms with Crippen molar-refractivity contribution in [3.8, 4) is 0 Å². The highest BCUT2D eigenvalue weighted by atomic mass is 16.3. The SMILES string of the molecule is Cc1ccc(C)c(C(=O)CN2CCCC(C)(O)CC2)c1. The highest BCUT2D eigenvalue weighted by molar-refractivity contribution is 5.99. The summed E-state index contributed by atoms with van der Waals surface area (Å²) < 4.78 is 0. The zero-order chi connectivity index (χ0) is 14.8. The number of aryl methyl sites for hydroxylation is 2. The molecule has 1 heterocycles. The minimum atomic E-state index is -0.572. The minimum Gasteiger partial charge on any atom is -0.390 e. The Morgan fingerprint density at radius 3 is 2.80 bits per heavy atom. The molecule has 1 fully saturated rings. The molecular formula is C17H25NO2. The van der Waals surface area contributed by atoms with Crippen molar-refractivity contribution in [1.29, 1.82) is 0 Å². The molecule has 0 bridgehead atoms. The largest absolute Gasteiger partial charge is 0.390 e. The fourth-order valence-electron chi connectivity index (χ4n) is 2.80. The molecule has 110 valence electrons. The fraction of sp³-hybridized carbons (Fsp3) is 0.588. The monoisotopic (exact) mass is 275 g/mol. The number of hydrogen-bond acceptors (Lipinski definition) is 3. The number of carbonyl (C=O) groups is 1. The second kappa shape index (κ2) is 6.06. The van der Waals surface area contributed by atoms with E-state index in [1.165, 1.54) is 0 Å². The molecule has 20 heavy (non-hydrogen) atoms. The number of Topliss-reactive ketones (excluding diaryl/α,β-unsaturated/α-hetero) is 1. The lowest BCUT2D eigenvalue weighted by atomic mass is 9.98. The summed E-state index contributed by atoms with van der Waals surface area (Å²) in [6, 6.07) is 6.02. The number of aliphatic hydroxyl groups is 1. The summed E-state index contributed by atoms with van der Waals surface area (Å²) in [6.45, 7) is 8.04. The van der Waals surface area contributed by atoms with Crippen LogP contribution in [0.4, 0.5) is 0 Å². The smallest absolute Gasteiger partial charge is 0.177 e. The minimum absolute atomic E-state index is 0.188.